The maximum Gasteiger partial charge on any atom is 0.196 e. The van der Waals surface area contributed by atoms with Crippen LogP contribution in [0.5, 0.6) is 0 Å². The molecule has 2 aromatic rings. The first-order chi connectivity index (χ1) is 10.3. The van der Waals surface area contributed by atoms with Gasteiger partial charge in [0, 0.05) is 18.8 Å². The molecule has 3 rings (SSSR count). The van der Waals surface area contributed by atoms with Crippen LogP contribution in [-0.4, -0.2) is 39.2 Å². The van der Waals surface area contributed by atoms with Crippen molar-refractivity contribution in [2.24, 2.45) is 10.7 Å². The van der Waals surface area contributed by atoms with Crippen molar-refractivity contribution >= 4 is 11.6 Å². The topological polar surface area (TPSA) is 92.6 Å². The van der Waals surface area contributed by atoms with E-state index >= 15 is 0 Å². The van der Waals surface area contributed by atoms with Crippen molar-refractivity contribution in [2.45, 2.75) is 19.0 Å². The second kappa shape index (κ2) is 5.92. The number of aryl methyl sites for hydroxylation is 1. The molecule has 0 aliphatic carbocycles. The van der Waals surface area contributed by atoms with Gasteiger partial charge in [-0.25, -0.2) is 0 Å². The van der Waals surface area contributed by atoms with E-state index in [0.29, 0.717) is 25.5 Å². The molecule has 0 bridgehead atoms. The molecule has 21 heavy (non-hydrogen) atoms. The molecule has 7 heteroatoms. The fraction of sp³-hybridized carbons (Fsp3) is 0.357. The molecule has 2 heterocycles. The highest BCUT2D eigenvalue weighted by Crippen LogP contribution is 2.29. The van der Waals surface area contributed by atoms with Crippen LogP contribution in [0.3, 0.4) is 0 Å². The van der Waals surface area contributed by atoms with E-state index in [1.54, 1.807) is 4.68 Å². The van der Waals surface area contributed by atoms with Crippen LogP contribution in [0.2, 0.25) is 0 Å². The Morgan fingerprint density at radius 2 is 2.10 bits per heavy atom. The number of aliphatic hydroxyl groups is 1. The molecule has 0 amide bonds. The lowest BCUT2D eigenvalue weighted by atomic mass is 10.2. The SMILES string of the molecule is NC1=NCC(c2cn(CCCO)nn2)N1c1ccccc1. The minimum absolute atomic E-state index is 0.0322. The molecule has 0 radical (unpaired) electrons. The van der Waals surface area contributed by atoms with Crippen LogP contribution in [0.1, 0.15) is 18.2 Å². The highest BCUT2D eigenvalue weighted by molar-refractivity contribution is 5.97. The van der Waals surface area contributed by atoms with E-state index < -0.39 is 0 Å². The Bertz CT molecular complexity index is 623. The summed E-state index contributed by atoms with van der Waals surface area (Å²) in [7, 11) is 0. The predicted octanol–water partition coefficient (Wildman–Crippen LogP) is 0.536. The Labute approximate surface area is 122 Å². The molecule has 0 saturated carbocycles. The summed E-state index contributed by atoms with van der Waals surface area (Å²) in [5.41, 5.74) is 7.84. The van der Waals surface area contributed by atoms with Gasteiger partial charge in [-0.1, -0.05) is 23.4 Å². The van der Waals surface area contributed by atoms with Crippen LogP contribution < -0.4 is 10.6 Å². The summed E-state index contributed by atoms with van der Waals surface area (Å²) in [5.74, 6) is 0.496. The third-order valence-corrected chi connectivity index (χ3v) is 3.46. The molecule has 0 fully saturated rings. The monoisotopic (exact) mass is 286 g/mol. The van der Waals surface area contributed by atoms with Gasteiger partial charge in [0.15, 0.2) is 5.96 Å². The molecule has 1 unspecified atom stereocenters. The first-order valence-corrected chi connectivity index (χ1v) is 6.94. The molecule has 1 aromatic carbocycles. The van der Waals surface area contributed by atoms with Crippen LogP contribution in [0.25, 0.3) is 0 Å². The van der Waals surface area contributed by atoms with E-state index in [4.69, 9.17) is 10.8 Å². The summed E-state index contributed by atoms with van der Waals surface area (Å²) >= 11 is 0. The van der Waals surface area contributed by atoms with Gasteiger partial charge in [0.2, 0.25) is 0 Å². The van der Waals surface area contributed by atoms with Gasteiger partial charge in [0.05, 0.1) is 12.7 Å². The lowest BCUT2D eigenvalue weighted by Gasteiger charge is -2.24. The zero-order chi connectivity index (χ0) is 14.7. The van der Waals surface area contributed by atoms with Gasteiger partial charge in [-0.15, -0.1) is 5.10 Å². The molecular formula is C14H18N6O. The summed E-state index contributed by atoms with van der Waals surface area (Å²) in [6.07, 6.45) is 2.55. The second-order valence-electron chi connectivity index (χ2n) is 4.90. The quantitative estimate of drug-likeness (QED) is 0.836. The Hall–Kier alpha value is -2.41. The van der Waals surface area contributed by atoms with Crippen molar-refractivity contribution in [2.75, 3.05) is 18.1 Å². The first kappa shape index (κ1) is 13.6. The second-order valence-corrected chi connectivity index (χ2v) is 4.90. The van der Waals surface area contributed by atoms with Gasteiger partial charge in [0.1, 0.15) is 11.7 Å². The smallest absolute Gasteiger partial charge is 0.196 e. The van der Waals surface area contributed by atoms with E-state index in [2.05, 4.69) is 15.3 Å². The number of rotatable bonds is 5. The molecule has 1 aliphatic rings. The number of nitrogens with two attached hydrogens (primary N) is 1. The van der Waals surface area contributed by atoms with Gasteiger partial charge >= 0.3 is 0 Å². The molecule has 1 aliphatic heterocycles. The van der Waals surface area contributed by atoms with Crippen LogP contribution in [0.15, 0.2) is 41.5 Å². The molecule has 110 valence electrons. The fourth-order valence-electron chi connectivity index (χ4n) is 2.43. The fourth-order valence-corrected chi connectivity index (χ4v) is 2.43. The molecule has 3 N–H and O–H groups in total. The van der Waals surface area contributed by atoms with Crippen LogP contribution in [0.4, 0.5) is 5.69 Å². The number of anilines is 1. The highest BCUT2D eigenvalue weighted by Gasteiger charge is 2.30. The van der Waals surface area contributed by atoms with Gasteiger partial charge in [0.25, 0.3) is 0 Å². The highest BCUT2D eigenvalue weighted by atomic mass is 16.3. The molecule has 0 saturated heterocycles. The summed E-state index contributed by atoms with van der Waals surface area (Å²) in [6, 6.07) is 9.86. The van der Waals surface area contributed by atoms with Crippen molar-refractivity contribution in [1.82, 2.24) is 15.0 Å². The van der Waals surface area contributed by atoms with E-state index in [1.807, 2.05) is 41.4 Å². The summed E-state index contributed by atoms with van der Waals surface area (Å²) in [5, 5.41) is 17.2. The maximum atomic E-state index is 8.87. The standard InChI is InChI=1S/C14H18N6O/c15-14-16-9-13(20(14)11-5-2-1-3-6-11)12-10-19(18-17-12)7-4-8-21/h1-3,5-6,10,13,21H,4,7-9H2,(H2,15,16). The normalized spacial score (nSPS) is 18.0. The van der Waals surface area contributed by atoms with E-state index in [-0.39, 0.29) is 12.6 Å². The van der Waals surface area contributed by atoms with Crippen molar-refractivity contribution in [3.8, 4) is 0 Å². The van der Waals surface area contributed by atoms with E-state index in [0.717, 1.165) is 11.4 Å². The Morgan fingerprint density at radius 3 is 2.86 bits per heavy atom. The van der Waals surface area contributed by atoms with Crippen LogP contribution in [-0.2, 0) is 6.54 Å². The molecule has 1 aromatic heterocycles. The molecule has 1 atom stereocenters. The number of hydrogen-bond acceptors (Lipinski definition) is 6. The number of aliphatic imine (C=N–C) groups is 1. The largest absolute Gasteiger partial charge is 0.396 e. The number of guanidine groups is 1. The number of hydrogen-bond donors (Lipinski definition) is 2. The summed E-state index contributed by atoms with van der Waals surface area (Å²) in [4.78, 5) is 6.30. The molecule has 7 nitrogen and oxygen atoms in total. The third-order valence-electron chi connectivity index (χ3n) is 3.46. The van der Waals surface area contributed by atoms with Gasteiger partial charge in [-0.2, -0.15) is 0 Å². The average molecular weight is 286 g/mol. The van der Waals surface area contributed by atoms with Crippen molar-refractivity contribution in [3.05, 3.63) is 42.2 Å². The number of aromatic nitrogens is 3. The number of para-hydroxylation sites is 1. The van der Waals surface area contributed by atoms with E-state index in [1.165, 1.54) is 0 Å². The lowest BCUT2D eigenvalue weighted by Crippen LogP contribution is -2.36. The van der Waals surface area contributed by atoms with Crippen LogP contribution >= 0.6 is 0 Å². The van der Waals surface area contributed by atoms with Crippen molar-refractivity contribution in [3.63, 3.8) is 0 Å². The summed E-state index contributed by atoms with van der Waals surface area (Å²) < 4.78 is 1.74. The van der Waals surface area contributed by atoms with Gasteiger partial charge in [-0.05, 0) is 18.6 Å². The Balaban J connectivity index is 1.83. The molecule has 0 spiro atoms. The number of aliphatic hydroxyl groups excluding tert-OH is 1. The number of nitrogens with zero attached hydrogens (tertiary/aromatic N) is 5. The van der Waals surface area contributed by atoms with Crippen molar-refractivity contribution in [1.29, 1.82) is 0 Å². The Morgan fingerprint density at radius 1 is 1.29 bits per heavy atom. The van der Waals surface area contributed by atoms with Gasteiger partial charge < -0.3 is 15.7 Å². The zero-order valence-corrected chi connectivity index (χ0v) is 11.6. The average Bonchev–Trinajstić information content (AvgIpc) is 3.12. The minimum atomic E-state index is -0.0322. The van der Waals surface area contributed by atoms with E-state index in [9.17, 15) is 0 Å². The summed E-state index contributed by atoms with van der Waals surface area (Å²) in [6.45, 7) is 1.36. The van der Waals surface area contributed by atoms with Gasteiger partial charge in [-0.3, -0.25) is 9.67 Å². The third kappa shape index (κ3) is 2.73. The first-order valence-electron chi connectivity index (χ1n) is 6.94. The van der Waals surface area contributed by atoms with Crippen LogP contribution in [0, 0.1) is 0 Å². The zero-order valence-electron chi connectivity index (χ0n) is 11.6. The minimum Gasteiger partial charge on any atom is -0.396 e. The van der Waals surface area contributed by atoms with Crippen molar-refractivity contribution < 1.29 is 5.11 Å². The number of benzene rings is 1. The predicted molar refractivity (Wildman–Crippen MR) is 79.9 cm³/mol. The maximum absolute atomic E-state index is 8.87. The lowest BCUT2D eigenvalue weighted by molar-refractivity contribution is 0.276. The Kier molecular flexibility index (Phi) is 3.83. The molecular weight excluding hydrogens is 268 g/mol.